The third-order valence-corrected chi connectivity index (χ3v) is 5.58. The third-order valence-electron chi connectivity index (χ3n) is 5.32. The van der Waals surface area contributed by atoms with Crippen LogP contribution in [0.1, 0.15) is 37.4 Å². The molecule has 0 fully saturated rings. The van der Waals surface area contributed by atoms with E-state index in [1.807, 2.05) is 35.4 Å². The third kappa shape index (κ3) is 7.06. The topological polar surface area (TPSA) is 43.7 Å². The first-order chi connectivity index (χ1) is 15.6. The predicted octanol–water partition coefficient (Wildman–Crippen LogP) is 5.80. The van der Waals surface area contributed by atoms with Crippen molar-refractivity contribution in [3.63, 3.8) is 0 Å². The molecule has 170 valence electrons. The molecule has 32 heavy (non-hydrogen) atoms. The molecule has 0 aliphatic carbocycles. The van der Waals surface area contributed by atoms with Gasteiger partial charge in [-0.25, -0.2) is 0 Å². The largest absolute Gasteiger partial charge is 0.497 e. The summed E-state index contributed by atoms with van der Waals surface area (Å²) < 4.78 is 13.2. The summed E-state index contributed by atoms with van der Waals surface area (Å²) in [4.78, 5) is 14.9. The number of amides is 1. The van der Waals surface area contributed by atoms with Gasteiger partial charge in [0.25, 0.3) is 5.91 Å². The molecule has 0 aliphatic heterocycles. The van der Waals surface area contributed by atoms with Gasteiger partial charge in [-0.2, -0.15) is 0 Å². The number of ether oxygens (including phenoxy) is 2. The fourth-order valence-electron chi connectivity index (χ4n) is 3.52. The Morgan fingerprint density at radius 3 is 2.59 bits per heavy atom. The number of benzene rings is 2. The van der Waals surface area contributed by atoms with Gasteiger partial charge < -0.3 is 18.9 Å². The maximum atomic E-state index is 13.0. The van der Waals surface area contributed by atoms with Gasteiger partial charge in [-0.05, 0) is 60.5 Å². The summed E-state index contributed by atoms with van der Waals surface area (Å²) in [5, 5.41) is 0.640. The first-order valence-electron chi connectivity index (χ1n) is 11.0. The average molecular weight is 455 g/mol. The van der Waals surface area contributed by atoms with Crippen LogP contribution in [-0.2, 0) is 17.9 Å². The smallest absolute Gasteiger partial charge is 0.260 e. The molecule has 1 aromatic heterocycles. The van der Waals surface area contributed by atoms with Crippen molar-refractivity contribution < 1.29 is 14.3 Å². The van der Waals surface area contributed by atoms with E-state index in [4.69, 9.17) is 21.1 Å². The van der Waals surface area contributed by atoms with E-state index in [0.29, 0.717) is 23.9 Å². The molecule has 0 spiro atoms. The monoisotopic (exact) mass is 454 g/mol. The Labute approximate surface area is 195 Å². The van der Waals surface area contributed by atoms with Crippen LogP contribution in [0.25, 0.3) is 0 Å². The number of rotatable bonds is 12. The van der Waals surface area contributed by atoms with Gasteiger partial charge in [-0.3, -0.25) is 4.79 Å². The molecule has 0 saturated carbocycles. The van der Waals surface area contributed by atoms with E-state index in [-0.39, 0.29) is 12.5 Å². The Morgan fingerprint density at radius 2 is 1.84 bits per heavy atom. The second kappa shape index (κ2) is 12.2. The van der Waals surface area contributed by atoms with E-state index < -0.39 is 0 Å². The van der Waals surface area contributed by atoms with Crippen LogP contribution in [0.4, 0.5) is 0 Å². The highest BCUT2D eigenvalue weighted by atomic mass is 35.5. The van der Waals surface area contributed by atoms with Crippen LogP contribution in [-0.4, -0.2) is 35.6 Å². The lowest BCUT2D eigenvalue weighted by Crippen LogP contribution is -2.36. The highest BCUT2D eigenvalue weighted by Gasteiger charge is 2.16. The summed E-state index contributed by atoms with van der Waals surface area (Å²) in [6, 6.07) is 19.2. The zero-order valence-electron chi connectivity index (χ0n) is 18.8. The van der Waals surface area contributed by atoms with Gasteiger partial charge in [0.2, 0.25) is 0 Å². The number of carbonyl (C=O) groups is 1. The van der Waals surface area contributed by atoms with Crippen molar-refractivity contribution >= 4 is 17.5 Å². The minimum atomic E-state index is -0.0230. The van der Waals surface area contributed by atoms with Gasteiger partial charge >= 0.3 is 0 Å². The average Bonchev–Trinajstić information content (AvgIpc) is 3.24. The number of halogens is 1. The van der Waals surface area contributed by atoms with Crippen molar-refractivity contribution in [2.24, 2.45) is 0 Å². The number of nitrogens with zero attached hydrogens (tertiary/aromatic N) is 2. The zero-order valence-corrected chi connectivity index (χ0v) is 19.6. The zero-order chi connectivity index (χ0) is 22.8. The SMILES string of the molecule is CCCCCN(Cc1cccn1Cc1cccc(OC)c1)C(=O)COc1ccc(Cl)cc1. The highest BCUT2D eigenvalue weighted by molar-refractivity contribution is 6.30. The predicted molar refractivity (Wildman–Crippen MR) is 128 cm³/mol. The van der Waals surface area contributed by atoms with E-state index in [1.54, 1.807) is 31.4 Å². The molecule has 0 radical (unpaired) electrons. The van der Waals surface area contributed by atoms with Crippen LogP contribution in [0.5, 0.6) is 11.5 Å². The minimum Gasteiger partial charge on any atom is -0.497 e. The minimum absolute atomic E-state index is 0.00432. The van der Waals surface area contributed by atoms with Gasteiger partial charge in [0.1, 0.15) is 11.5 Å². The van der Waals surface area contributed by atoms with Crippen LogP contribution in [0.3, 0.4) is 0 Å². The van der Waals surface area contributed by atoms with E-state index >= 15 is 0 Å². The van der Waals surface area contributed by atoms with E-state index in [2.05, 4.69) is 23.6 Å². The number of aromatic nitrogens is 1. The Morgan fingerprint density at radius 1 is 1.03 bits per heavy atom. The van der Waals surface area contributed by atoms with E-state index in [0.717, 1.165) is 42.8 Å². The van der Waals surface area contributed by atoms with Crippen molar-refractivity contribution in [3.05, 3.63) is 83.1 Å². The number of hydrogen-bond donors (Lipinski definition) is 0. The molecule has 2 aromatic carbocycles. The summed E-state index contributed by atoms with van der Waals surface area (Å²) in [5.74, 6) is 1.45. The summed E-state index contributed by atoms with van der Waals surface area (Å²) in [6.07, 6.45) is 5.22. The molecular weight excluding hydrogens is 424 g/mol. The summed E-state index contributed by atoms with van der Waals surface area (Å²) >= 11 is 5.92. The highest BCUT2D eigenvalue weighted by Crippen LogP contribution is 2.18. The molecule has 0 bridgehead atoms. The molecule has 0 N–H and O–H groups in total. The van der Waals surface area contributed by atoms with Crippen molar-refractivity contribution in [1.82, 2.24) is 9.47 Å². The van der Waals surface area contributed by atoms with Crippen LogP contribution >= 0.6 is 11.6 Å². The van der Waals surface area contributed by atoms with Crippen LogP contribution < -0.4 is 9.47 Å². The van der Waals surface area contributed by atoms with Crippen molar-refractivity contribution in [2.45, 2.75) is 39.3 Å². The maximum Gasteiger partial charge on any atom is 0.260 e. The van der Waals surface area contributed by atoms with Crippen LogP contribution in [0.2, 0.25) is 5.02 Å². The lowest BCUT2D eigenvalue weighted by molar-refractivity contribution is -0.134. The van der Waals surface area contributed by atoms with Gasteiger partial charge in [0, 0.05) is 30.0 Å². The van der Waals surface area contributed by atoms with Gasteiger partial charge in [-0.15, -0.1) is 0 Å². The normalized spacial score (nSPS) is 10.7. The van der Waals surface area contributed by atoms with Crippen LogP contribution in [0, 0.1) is 0 Å². The Bertz CT molecular complexity index is 985. The maximum absolute atomic E-state index is 13.0. The van der Waals surface area contributed by atoms with Crippen molar-refractivity contribution in [3.8, 4) is 11.5 Å². The molecule has 5 nitrogen and oxygen atoms in total. The molecule has 0 aliphatic rings. The molecule has 3 rings (SSSR count). The van der Waals surface area contributed by atoms with Crippen LogP contribution in [0.15, 0.2) is 66.9 Å². The fourth-order valence-corrected chi connectivity index (χ4v) is 3.65. The lowest BCUT2D eigenvalue weighted by atomic mass is 10.2. The molecular formula is C26H31ClN2O3. The molecule has 3 aromatic rings. The van der Waals surface area contributed by atoms with E-state index in [1.165, 1.54) is 0 Å². The Balaban J connectivity index is 1.67. The summed E-state index contributed by atoms with van der Waals surface area (Å²) in [7, 11) is 1.67. The summed E-state index contributed by atoms with van der Waals surface area (Å²) in [5.41, 5.74) is 2.24. The number of hydrogen-bond acceptors (Lipinski definition) is 3. The molecule has 0 unspecified atom stereocenters. The fraction of sp³-hybridized carbons (Fsp3) is 0.346. The standard InChI is InChI=1S/C26H31ClN2O3/c1-3-4-5-15-29(26(30)20-32-24-13-11-22(27)12-14-24)19-23-9-7-16-28(23)18-21-8-6-10-25(17-21)31-2/h6-14,16-17H,3-5,15,18-20H2,1-2H3. The number of methoxy groups -OCH3 is 1. The summed E-state index contributed by atoms with van der Waals surface area (Å²) in [6.45, 7) is 4.14. The molecule has 1 heterocycles. The first-order valence-corrected chi connectivity index (χ1v) is 11.4. The quantitative estimate of drug-likeness (QED) is 0.325. The lowest BCUT2D eigenvalue weighted by Gasteiger charge is -2.24. The van der Waals surface area contributed by atoms with Gasteiger partial charge in [0.05, 0.1) is 13.7 Å². The Hall–Kier alpha value is -2.92. The number of unbranched alkanes of at least 4 members (excludes halogenated alkanes) is 2. The number of carbonyl (C=O) groups excluding carboxylic acids is 1. The molecule has 0 saturated heterocycles. The second-order valence-corrected chi connectivity index (χ2v) is 8.18. The van der Waals surface area contributed by atoms with Gasteiger partial charge in [-0.1, -0.05) is 43.5 Å². The van der Waals surface area contributed by atoms with Crippen molar-refractivity contribution in [2.75, 3.05) is 20.3 Å². The molecule has 1 amide bonds. The van der Waals surface area contributed by atoms with Crippen molar-refractivity contribution in [1.29, 1.82) is 0 Å². The van der Waals surface area contributed by atoms with Gasteiger partial charge in [0.15, 0.2) is 6.61 Å². The molecule has 0 atom stereocenters. The first kappa shape index (κ1) is 23.7. The molecule has 6 heteroatoms. The Kier molecular flexibility index (Phi) is 9.05. The second-order valence-electron chi connectivity index (χ2n) is 7.74. The van der Waals surface area contributed by atoms with E-state index in [9.17, 15) is 4.79 Å².